The van der Waals surface area contributed by atoms with Crippen molar-refractivity contribution in [2.24, 2.45) is 5.92 Å². The summed E-state index contributed by atoms with van der Waals surface area (Å²) >= 11 is 0. The van der Waals surface area contributed by atoms with E-state index >= 15 is 0 Å². The number of aromatic nitrogens is 3. The minimum Gasteiger partial charge on any atom is -0.306 e. The number of rotatable bonds is 9. The predicted octanol–water partition coefficient (Wildman–Crippen LogP) is 3.80. The zero-order valence-electron chi connectivity index (χ0n) is 20.4. The summed E-state index contributed by atoms with van der Waals surface area (Å²) in [5.41, 5.74) is 3.90. The molecule has 4 rings (SSSR count). The van der Waals surface area contributed by atoms with Crippen LogP contribution in [0.5, 0.6) is 0 Å². The molecule has 0 saturated carbocycles. The van der Waals surface area contributed by atoms with E-state index in [-0.39, 0.29) is 0 Å². The smallest absolute Gasteiger partial charge is 0.0638 e. The Morgan fingerprint density at radius 2 is 1.72 bits per heavy atom. The van der Waals surface area contributed by atoms with Crippen molar-refractivity contribution in [3.8, 4) is 0 Å². The summed E-state index contributed by atoms with van der Waals surface area (Å²) in [4.78, 5) is 12.1. The number of piperidine rings is 2. The maximum Gasteiger partial charge on any atom is 0.0638 e. The van der Waals surface area contributed by atoms with E-state index in [0.29, 0.717) is 0 Å². The second-order valence-corrected chi connectivity index (χ2v) is 10.0. The predicted molar refractivity (Wildman–Crippen MR) is 130 cm³/mol. The fraction of sp³-hybridized carbons (Fsp3) is 0.692. The molecule has 176 valence electrons. The van der Waals surface area contributed by atoms with Gasteiger partial charge >= 0.3 is 0 Å². The average Bonchev–Trinajstić information content (AvgIpc) is 3.14. The molecule has 2 fully saturated rings. The van der Waals surface area contributed by atoms with Gasteiger partial charge in [0.25, 0.3) is 0 Å². The molecule has 0 amide bonds. The van der Waals surface area contributed by atoms with Gasteiger partial charge in [0, 0.05) is 56.4 Å². The van der Waals surface area contributed by atoms with Gasteiger partial charge in [-0.15, -0.1) is 0 Å². The third-order valence-corrected chi connectivity index (χ3v) is 7.42. The first kappa shape index (κ1) is 23.4. The highest BCUT2D eigenvalue weighted by molar-refractivity contribution is 5.16. The molecule has 6 heteroatoms. The molecule has 32 heavy (non-hydrogen) atoms. The van der Waals surface area contributed by atoms with Gasteiger partial charge in [-0.25, -0.2) is 0 Å². The fourth-order valence-electron chi connectivity index (χ4n) is 5.46. The normalized spacial score (nSPS) is 19.8. The molecule has 2 saturated heterocycles. The number of pyridine rings is 1. The Labute approximate surface area is 194 Å². The van der Waals surface area contributed by atoms with Crippen molar-refractivity contribution in [1.29, 1.82) is 0 Å². The second-order valence-electron chi connectivity index (χ2n) is 10.0. The molecule has 0 unspecified atom stereocenters. The Morgan fingerprint density at radius 3 is 2.41 bits per heavy atom. The van der Waals surface area contributed by atoms with Crippen LogP contribution >= 0.6 is 0 Å². The van der Waals surface area contributed by atoms with Gasteiger partial charge in [-0.1, -0.05) is 6.92 Å². The molecule has 2 aliphatic rings. The Balaban J connectivity index is 1.36. The number of hydrogen-bond acceptors (Lipinski definition) is 5. The van der Waals surface area contributed by atoms with Crippen LogP contribution < -0.4 is 0 Å². The first-order valence-electron chi connectivity index (χ1n) is 12.7. The summed E-state index contributed by atoms with van der Waals surface area (Å²) in [5.74, 6) is 0.783. The quantitative estimate of drug-likeness (QED) is 0.596. The first-order chi connectivity index (χ1) is 15.6. The molecular formula is C26H42N6. The third kappa shape index (κ3) is 6.40. The van der Waals surface area contributed by atoms with E-state index in [2.05, 4.69) is 63.6 Å². The highest BCUT2D eigenvalue weighted by atomic mass is 15.3. The van der Waals surface area contributed by atoms with Crippen LogP contribution in [-0.4, -0.2) is 75.3 Å². The van der Waals surface area contributed by atoms with E-state index in [0.717, 1.165) is 38.0 Å². The van der Waals surface area contributed by atoms with E-state index in [1.54, 1.807) is 0 Å². The van der Waals surface area contributed by atoms with E-state index < -0.39 is 0 Å². The van der Waals surface area contributed by atoms with Gasteiger partial charge in [-0.05, 0) is 95.9 Å². The summed E-state index contributed by atoms with van der Waals surface area (Å²) in [6.45, 7) is 13.6. The highest BCUT2D eigenvalue weighted by Gasteiger charge is 2.28. The van der Waals surface area contributed by atoms with Gasteiger partial charge in [0.2, 0.25) is 0 Å². The molecule has 4 heterocycles. The molecule has 0 aliphatic carbocycles. The summed E-state index contributed by atoms with van der Waals surface area (Å²) < 4.78 is 2.12. The monoisotopic (exact) mass is 438 g/mol. The van der Waals surface area contributed by atoms with E-state index in [1.807, 2.05) is 12.4 Å². The Bertz CT molecular complexity index is 803. The van der Waals surface area contributed by atoms with Crippen molar-refractivity contribution >= 4 is 0 Å². The molecule has 0 bridgehead atoms. The summed E-state index contributed by atoms with van der Waals surface area (Å²) in [5, 5.41) is 4.74. The number of aryl methyl sites for hydroxylation is 2. The van der Waals surface area contributed by atoms with Gasteiger partial charge in [-0.3, -0.25) is 14.6 Å². The van der Waals surface area contributed by atoms with Crippen molar-refractivity contribution in [1.82, 2.24) is 29.5 Å². The Morgan fingerprint density at radius 1 is 1.00 bits per heavy atom. The zero-order chi connectivity index (χ0) is 22.3. The first-order valence-corrected chi connectivity index (χ1v) is 12.7. The van der Waals surface area contributed by atoms with Crippen LogP contribution in [0.2, 0.25) is 0 Å². The van der Waals surface area contributed by atoms with Gasteiger partial charge < -0.3 is 9.80 Å². The molecule has 6 nitrogen and oxygen atoms in total. The molecular weight excluding hydrogens is 396 g/mol. The van der Waals surface area contributed by atoms with Gasteiger partial charge in [-0.2, -0.15) is 5.10 Å². The minimum absolute atomic E-state index is 0.783. The van der Waals surface area contributed by atoms with E-state index in [1.165, 1.54) is 75.2 Å². The third-order valence-electron chi connectivity index (χ3n) is 7.42. The number of hydrogen-bond donors (Lipinski definition) is 0. The van der Waals surface area contributed by atoms with Crippen LogP contribution in [-0.2, 0) is 19.6 Å². The van der Waals surface area contributed by atoms with Crippen molar-refractivity contribution in [2.45, 2.75) is 71.6 Å². The topological polar surface area (TPSA) is 40.4 Å². The van der Waals surface area contributed by atoms with Gasteiger partial charge in [0.05, 0.1) is 5.69 Å². The SMILES string of the molecule is CCCn1cc(CN(Cc2ccncc2)CC2CCN(C3CCN(C)CC3)CC2)c(C)n1. The average molecular weight is 439 g/mol. The molecule has 2 aliphatic heterocycles. The van der Waals surface area contributed by atoms with E-state index in [4.69, 9.17) is 5.10 Å². The summed E-state index contributed by atoms with van der Waals surface area (Å²) in [6, 6.07) is 5.12. The lowest BCUT2D eigenvalue weighted by Gasteiger charge is -2.42. The number of nitrogens with zero attached hydrogens (tertiary/aromatic N) is 6. The van der Waals surface area contributed by atoms with Crippen LogP contribution in [0.25, 0.3) is 0 Å². The van der Waals surface area contributed by atoms with Crippen molar-refractivity contribution in [3.05, 3.63) is 47.5 Å². The lowest BCUT2D eigenvalue weighted by molar-refractivity contribution is 0.0728. The maximum absolute atomic E-state index is 4.74. The van der Waals surface area contributed by atoms with Gasteiger partial charge in [0.1, 0.15) is 0 Å². The van der Waals surface area contributed by atoms with Crippen LogP contribution in [0.1, 0.15) is 55.8 Å². The maximum atomic E-state index is 4.74. The second kappa shape index (κ2) is 11.4. The Hall–Kier alpha value is -1.76. The van der Waals surface area contributed by atoms with Crippen molar-refractivity contribution in [2.75, 3.05) is 39.8 Å². The molecule has 0 radical (unpaired) electrons. The van der Waals surface area contributed by atoms with Crippen LogP contribution in [0, 0.1) is 12.8 Å². The minimum atomic E-state index is 0.783. The molecule has 0 N–H and O–H groups in total. The van der Waals surface area contributed by atoms with E-state index in [9.17, 15) is 0 Å². The number of likely N-dealkylation sites (tertiary alicyclic amines) is 2. The molecule has 2 aromatic heterocycles. The molecule has 0 spiro atoms. The van der Waals surface area contributed by atoms with Crippen LogP contribution in [0.3, 0.4) is 0 Å². The van der Waals surface area contributed by atoms with Crippen LogP contribution in [0.15, 0.2) is 30.7 Å². The standard InChI is InChI=1S/C26H42N6/c1-4-13-32-21-25(22(2)28-32)20-30(18-23-5-11-27-12-6-23)19-24-7-16-31(17-8-24)26-9-14-29(3)15-10-26/h5-6,11-12,21,24,26H,4,7-10,13-20H2,1-3H3. The van der Waals surface area contributed by atoms with Crippen molar-refractivity contribution < 1.29 is 0 Å². The lowest BCUT2D eigenvalue weighted by atomic mass is 9.93. The zero-order valence-corrected chi connectivity index (χ0v) is 20.4. The van der Waals surface area contributed by atoms with Crippen molar-refractivity contribution in [3.63, 3.8) is 0 Å². The fourth-order valence-corrected chi connectivity index (χ4v) is 5.46. The van der Waals surface area contributed by atoms with Crippen LogP contribution in [0.4, 0.5) is 0 Å². The van der Waals surface area contributed by atoms with Gasteiger partial charge in [0.15, 0.2) is 0 Å². The highest BCUT2D eigenvalue weighted by Crippen LogP contribution is 2.25. The molecule has 0 aromatic carbocycles. The lowest BCUT2D eigenvalue weighted by Crippen LogP contribution is -2.47. The molecule has 0 atom stereocenters. The summed E-state index contributed by atoms with van der Waals surface area (Å²) in [6.07, 6.45) is 12.6. The summed E-state index contributed by atoms with van der Waals surface area (Å²) in [7, 11) is 2.26. The Kier molecular flexibility index (Phi) is 8.33. The molecule has 2 aromatic rings. The largest absolute Gasteiger partial charge is 0.306 e.